The van der Waals surface area contributed by atoms with Gasteiger partial charge in [0, 0.05) is 5.69 Å². The van der Waals surface area contributed by atoms with Crippen LogP contribution in [0.25, 0.3) is 0 Å². The van der Waals surface area contributed by atoms with Crippen molar-refractivity contribution in [2.75, 3.05) is 11.1 Å². The SMILES string of the molecule is CCc1ccccc1Nc1ncnc(Oc2ccc(C)c(C)c2)c1N. The Labute approximate surface area is 147 Å². The molecule has 0 aliphatic rings. The summed E-state index contributed by atoms with van der Waals surface area (Å²) in [5.41, 5.74) is 11.1. The highest BCUT2D eigenvalue weighted by molar-refractivity contribution is 5.73. The molecule has 3 N–H and O–H groups in total. The maximum absolute atomic E-state index is 6.23. The summed E-state index contributed by atoms with van der Waals surface area (Å²) in [6.45, 7) is 6.21. The summed E-state index contributed by atoms with van der Waals surface area (Å²) in [4.78, 5) is 8.43. The molecule has 0 fully saturated rings. The first-order valence-electron chi connectivity index (χ1n) is 8.29. The molecular weight excluding hydrogens is 312 g/mol. The first-order chi connectivity index (χ1) is 12.1. The lowest BCUT2D eigenvalue weighted by molar-refractivity contribution is 0.464. The Balaban J connectivity index is 1.88. The summed E-state index contributed by atoms with van der Waals surface area (Å²) in [7, 11) is 0. The van der Waals surface area contributed by atoms with Gasteiger partial charge in [-0.3, -0.25) is 0 Å². The number of ether oxygens (including phenoxy) is 1. The Morgan fingerprint density at radius 2 is 1.84 bits per heavy atom. The third kappa shape index (κ3) is 3.71. The van der Waals surface area contributed by atoms with Crippen molar-refractivity contribution in [3.05, 3.63) is 65.5 Å². The summed E-state index contributed by atoms with van der Waals surface area (Å²) in [6.07, 6.45) is 2.36. The normalized spacial score (nSPS) is 10.5. The van der Waals surface area contributed by atoms with E-state index in [1.54, 1.807) is 0 Å². The quantitative estimate of drug-likeness (QED) is 0.703. The lowest BCUT2D eigenvalue weighted by Gasteiger charge is -2.14. The molecule has 1 aromatic heterocycles. The van der Waals surface area contributed by atoms with E-state index < -0.39 is 0 Å². The molecule has 0 spiro atoms. The van der Waals surface area contributed by atoms with E-state index in [-0.39, 0.29) is 0 Å². The van der Waals surface area contributed by atoms with Gasteiger partial charge >= 0.3 is 0 Å². The molecule has 128 valence electrons. The third-order valence-corrected chi connectivity index (χ3v) is 4.19. The number of hydrogen-bond donors (Lipinski definition) is 2. The minimum Gasteiger partial charge on any atom is -0.437 e. The smallest absolute Gasteiger partial charge is 0.248 e. The van der Waals surface area contributed by atoms with E-state index in [9.17, 15) is 0 Å². The zero-order valence-corrected chi connectivity index (χ0v) is 14.7. The number of nitrogen functional groups attached to an aromatic ring is 1. The molecule has 3 aromatic rings. The number of benzene rings is 2. The van der Waals surface area contributed by atoms with Crippen LogP contribution in [0.1, 0.15) is 23.6 Å². The number of nitrogens with zero attached hydrogens (tertiary/aromatic N) is 2. The first kappa shape index (κ1) is 16.8. The predicted octanol–water partition coefficient (Wildman–Crippen LogP) is 4.77. The van der Waals surface area contributed by atoms with Crippen molar-refractivity contribution in [3.63, 3.8) is 0 Å². The van der Waals surface area contributed by atoms with Gasteiger partial charge in [-0.1, -0.05) is 31.2 Å². The molecule has 0 atom stereocenters. The monoisotopic (exact) mass is 334 g/mol. The van der Waals surface area contributed by atoms with Gasteiger partial charge in [0.25, 0.3) is 0 Å². The molecule has 5 nitrogen and oxygen atoms in total. The molecular formula is C20H22N4O. The van der Waals surface area contributed by atoms with Crippen LogP contribution >= 0.6 is 0 Å². The largest absolute Gasteiger partial charge is 0.437 e. The second-order valence-corrected chi connectivity index (χ2v) is 5.92. The van der Waals surface area contributed by atoms with E-state index in [1.807, 2.05) is 43.3 Å². The molecule has 3 rings (SSSR count). The number of nitrogens with one attached hydrogen (secondary N) is 1. The van der Waals surface area contributed by atoms with Crippen molar-refractivity contribution in [2.24, 2.45) is 0 Å². The van der Waals surface area contributed by atoms with Crippen LogP contribution in [0.4, 0.5) is 17.2 Å². The summed E-state index contributed by atoms with van der Waals surface area (Å²) < 4.78 is 5.86. The highest BCUT2D eigenvalue weighted by Gasteiger charge is 2.12. The fraction of sp³-hybridized carbons (Fsp3) is 0.200. The van der Waals surface area contributed by atoms with Crippen molar-refractivity contribution >= 4 is 17.2 Å². The van der Waals surface area contributed by atoms with Crippen LogP contribution in [0.5, 0.6) is 11.6 Å². The second kappa shape index (κ2) is 7.21. The maximum atomic E-state index is 6.23. The Morgan fingerprint density at radius 1 is 1.04 bits per heavy atom. The highest BCUT2D eigenvalue weighted by atomic mass is 16.5. The molecule has 25 heavy (non-hydrogen) atoms. The molecule has 5 heteroatoms. The minimum absolute atomic E-state index is 0.342. The Morgan fingerprint density at radius 3 is 2.60 bits per heavy atom. The van der Waals surface area contributed by atoms with Crippen LogP contribution in [-0.2, 0) is 6.42 Å². The summed E-state index contributed by atoms with van der Waals surface area (Å²) in [5.74, 6) is 1.58. The van der Waals surface area contributed by atoms with Crippen LogP contribution in [0.3, 0.4) is 0 Å². The molecule has 0 radical (unpaired) electrons. The zero-order chi connectivity index (χ0) is 17.8. The van der Waals surface area contributed by atoms with Crippen molar-refractivity contribution in [3.8, 4) is 11.6 Å². The van der Waals surface area contributed by atoms with Gasteiger partial charge in [0.1, 0.15) is 17.8 Å². The molecule has 0 bridgehead atoms. The van der Waals surface area contributed by atoms with Crippen molar-refractivity contribution < 1.29 is 4.74 Å². The van der Waals surface area contributed by atoms with Crippen LogP contribution in [0.15, 0.2) is 48.8 Å². The molecule has 0 saturated heterocycles. The summed E-state index contributed by atoms with van der Waals surface area (Å²) in [6, 6.07) is 14.0. The Hall–Kier alpha value is -3.08. The number of nitrogens with two attached hydrogens (primary N) is 1. The number of hydrogen-bond acceptors (Lipinski definition) is 5. The Bertz CT molecular complexity index is 893. The molecule has 0 aliphatic carbocycles. The number of rotatable bonds is 5. The van der Waals surface area contributed by atoms with E-state index in [2.05, 4.69) is 35.2 Å². The van der Waals surface area contributed by atoms with Gasteiger partial charge in [-0.05, 0) is 55.2 Å². The van der Waals surface area contributed by atoms with Gasteiger partial charge < -0.3 is 15.8 Å². The van der Waals surface area contributed by atoms with Crippen LogP contribution in [0, 0.1) is 13.8 Å². The lowest BCUT2D eigenvalue weighted by atomic mass is 10.1. The van der Waals surface area contributed by atoms with Crippen LogP contribution < -0.4 is 15.8 Å². The molecule has 0 amide bonds. The number of aromatic nitrogens is 2. The van der Waals surface area contributed by atoms with E-state index in [4.69, 9.17) is 10.5 Å². The number of anilines is 3. The predicted molar refractivity (Wildman–Crippen MR) is 102 cm³/mol. The fourth-order valence-electron chi connectivity index (χ4n) is 2.53. The Kier molecular flexibility index (Phi) is 4.84. The van der Waals surface area contributed by atoms with Crippen molar-refractivity contribution in [1.29, 1.82) is 0 Å². The van der Waals surface area contributed by atoms with Gasteiger partial charge in [0.05, 0.1) is 0 Å². The number of aryl methyl sites for hydroxylation is 3. The molecule has 2 aromatic carbocycles. The minimum atomic E-state index is 0.342. The van der Waals surface area contributed by atoms with Gasteiger partial charge in [0.2, 0.25) is 5.88 Å². The maximum Gasteiger partial charge on any atom is 0.248 e. The second-order valence-electron chi connectivity index (χ2n) is 5.92. The first-order valence-corrected chi connectivity index (χ1v) is 8.29. The van der Waals surface area contributed by atoms with E-state index >= 15 is 0 Å². The average Bonchev–Trinajstić information content (AvgIpc) is 2.62. The van der Waals surface area contributed by atoms with Gasteiger partial charge in [-0.15, -0.1) is 0 Å². The number of para-hydroxylation sites is 1. The topological polar surface area (TPSA) is 73.1 Å². The van der Waals surface area contributed by atoms with E-state index in [1.165, 1.54) is 17.5 Å². The van der Waals surface area contributed by atoms with Crippen molar-refractivity contribution in [1.82, 2.24) is 9.97 Å². The molecule has 0 unspecified atom stereocenters. The van der Waals surface area contributed by atoms with Crippen molar-refractivity contribution in [2.45, 2.75) is 27.2 Å². The van der Waals surface area contributed by atoms with Gasteiger partial charge in [0.15, 0.2) is 5.82 Å². The van der Waals surface area contributed by atoms with Gasteiger partial charge in [-0.2, -0.15) is 4.98 Å². The fourth-order valence-corrected chi connectivity index (χ4v) is 2.53. The summed E-state index contributed by atoms with van der Waals surface area (Å²) >= 11 is 0. The molecule has 0 saturated carbocycles. The van der Waals surface area contributed by atoms with Crippen LogP contribution in [-0.4, -0.2) is 9.97 Å². The zero-order valence-electron chi connectivity index (χ0n) is 14.7. The lowest BCUT2D eigenvalue weighted by Crippen LogP contribution is -2.04. The third-order valence-electron chi connectivity index (χ3n) is 4.19. The standard InChI is InChI=1S/C20H22N4O/c1-4-15-7-5-6-8-17(15)24-19-18(21)20(23-12-22-19)25-16-10-9-13(2)14(3)11-16/h5-12H,4,21H2,1-3H3,(H,22,23,24). The molecule has 0 aliphatic heterocycles. The van der Waals surface area contributed by atoms with Gasteiger partial charge in [-0.25, -0.2) is 4.98 Å². The molecule has 1 heterocycles. The average molecular weight is 334 g/mol. The highest BCUT2D eigenvalue weighted by Crippen LogP contribution is 2.32. The van der Waals surface area contributed by atoms with Crippen LogP contribution in [0.2, 0.25) is 0 Å². The summed E-state index contributed by atoms with van der Waals surface area (Å²) in [5, 5.41) is 3.28. The van der Waals surface area contributed by atoms with E-state index in [0.717, 1.165) is 17.7 Å². The van der Waals surface area contributed by atoms with E-state index in [0.29, 0.717) is 23.1 Å².